The van der Waals surface area contributed by atoms with E-state index in [-0.39, 0.29) is 12.1 Å². The van der Waals surface area contributed by atoms with E-state index in [1.165, 1.54) is 0 Å². The summed E-state index contributed by atoms with van der Waals surface area (Å²) in [6, 6.07) is -0.196. The standard InChI is InChI=1S/C12H24N2O3/c1-8(2)14(7)10(17)13-12(5,6)11(3,4)9(15)16/h8H,1-7H3,(H,13,17)(H,15,16). The molecule has 0 unspecified atom stereocenters. The van der Waals surface area contributed by atoms with Crippen LogP contribution in [0.3, 0.4) is 0 Å². The van der Waals surface area contributed by atoms with Crippen molar-refractivity contribution in [1.82, 2.24) is 10.2 Å². The van der Waals surface area contributed by atoms with Gasteiger partial charge in [-0.3, -0.25) is 4.79 Å². The smallest absolute Gasteiger partial charge is 0.317 e. The van der Waals surface area contributed by atoms with E-state index in [0.717, 1.165) is 0 Å². The van der Waals surface area contributed by atoms with Crippen LogP contribution in [0.1, 0.15) is 41.5 Å². The molecule has 0 heterocycles. The first-order chi connectivity index (χ1) is 7.43. The topological polar surface area (TPSA) is 69.6 Å². The summed E-state index contributed by atoms with van der Waals surface area (Å²) >= 11 is 0. The Bertz CT molecular complexity index is 309. The Labute approximate surface area is 103 Å². The zero-order valence-corrected chi connectivity index (χ0v) is 11.8. The predicted molar refractivity (Wildman–Crippen MR) is 66.9 cm³/mol. The number of urea groups is 1. The van der Waals surface area contributed by atoms with Crippen LogP contribution in [0.15, 0.2) is 0 Å². The molecule has 0 saturated heterocycles. The maximum atomic E-state index is 11.9. The van der Waals surface area contributed by atoms with Crippen molar-refractivity contribution in [3.05, 3.63) is 0 Å². The second-order valence-electron chi connectivity index (χ2n) is 5.69. The van der Waals surface area contributed by atoms with Crippen molar-refractivity contribution in [2.75, 3.05) is 7.05 Å². The van der Waals surface area contributed by atoms with E-state index in [1.807, 2.05) is 13.8 Å². The lowest BCUT2D eigenvalue weighted by Gasteiger charge is -2.40. The summed E-state index contributed by atoms with van der Waals surface area (Å²) in [6.07, 6.45) is 0. The highest BCUT2D eigenvalue weighted by Gasteiger charge is 2.44. The van der Waals surface area contributed by atoms with Crippen molar-refractivity contribution in [3.63, 3.8) is 0 Å². The number of hydrogen-bond acceptors (Lipinski definition) is 2. The molecule has 0 aromatic heterocycles. The Kier molecular flexibility index (Phi) is 4.57. The molecule has 5 heteroatoms. The van der Waals surface area contributed by atoms with Crippen molar-refractivity contribution in [1.29, 1.82) is 0 Å². The lowest BCUT2D eigenvalue weighted by atomic mass is 9.74. The van der Waals surface area contributed by atoms with Gasteiger partial charge in [0.15, 0.2) is 0 Å². The number of nitrogens with zero attached hydrogens (tertiary/aromatic N) is 1. The predicted octanol–water partition coefficient (Wildman–Crippen LogP) is 1.93. The maximum Gasteiger partial charge on any atom is 0.317 e. The molecule has 0 aromatic rings. The lowest BCUT2D eigenvalue weighted by molar-refractivity contribution is -0.150. The Hall–Kier alpha value is -1.26. The van der Waals surface area contributed by atoms with E-state index < -0.39 is 16.9 Å². The molecule has 0 fully saturated rings. The maximum absolute atomic E-state index is 11.9. The molecule has 0 atom stereocenters. The minimum atomic E-state index is -1.04. The molecule has 17 heavy (non-hydrogen) atoms. The van der Waals surface area contributed by atoms with Crippen molar-refractivity contribution in [2.24, 2.45) is 5.41 Å². The second-order valence-corrected chi connectivity index (χ2v) is 5.69. The summed E-state index contributed by atoms with van der Waals surface area (Å²) in [5, 5.41) is 11.9. The van der Waals surface area contributed by atoms with Gasteiger partial charge in [-0.05, 0) is 41.5 Å². The molecular formula is C12H24N2O3. The monoisotopic (exact) mass is 244 g/mol. The fraction of sp³-hybridized carbons (Fsp3) is 0.833. The highest BCUT2D eigenvalue weighted by molar-refractivity contribution is 5.79. The van der Waals surface area contributed by atoms with Crippen LogP contribution in [-0.2, 0) is 4.79 Å². The molecule has 5 nitrogen and oxygen atoms in total. The van der Waals surface area contributed by atoms with Crippen molar-refractivity contribution in [2.45, 2.75) is 53.1 Å². The first-order valence-corrected chi connectivity index (χ1v) is 5.72. The van der Waals surface area contributed by atoms with Gasteiger partial charge in [-0.1, -0.05) is 0 Å². The first-order valence-electron chi connectivity index (χ1n) is 5.72. The average Bonchev–Trinajstić information content (AvgIpc) is 2.14. The Morgan fingerprint density at radius 1 is 1.18 bits per heavy atom. The molecule has 0 aliphatic heterocycles. The fourth-order valence-corrected chi connectivity index (χ4v) is 1.01. The summed E-state index contributed by atoms with van der Waals surface area (Å²) < 4.78 is 0. The summed E-state index contributed by atoms with van der Waals surface area (Å²) in [5.41, 5.74) is -1.88. The third kappa shape index (κ3) is 3.35. The quantitative estimate of drug-likeness (QED) is 0.793. The molecule has 0 saturated carbocycles. The van der Waals surface area contributed by atoms with Gasteiger partial charge in [-0.2, -0.15) is 0 Å². The summed E-state index contributed by atoms with van der Waals surface area (Å²) in [4.78, 5) is 24.6. The van der Waals surface area contributed by atoms with Crippen LogP contribution >= 0.6 is 0 Å². The Morgan fingerprint density at radius 2 is 1.59 bits per heavy atom. The lowest BCUT2D eigenvalue weighted by Crippen LogP contribution is -2.59. The highest BCUT2D eigenvalue weighted by atomic mass is 16.4. The number of rotatable bonds is 4. The molecule has 0 bridgehead atoms. The van der Waals surface area contributed by atoms with Gasteiger partial charge in [0.2, 0.25) is 0 Å². The first kappa shape index (κ1) is 15.7. The zero-order valence-electron chi connectivity index (χ0n) is 11.8. The Morgan fingerprint density at radius 3 is 1.88 bits per heavy atom. The van der Waals surface area contributed by atoms with E-state index >= 15 is 0 Å². The van der Waals surface area contributed by atoms with Crippen LogP contribution < -0.4 is 5.32 Å². The van der Waals surface area contributed by atoms with Crippen molar-refractivity contribution >= 4 is 12.0 Å². The number of carboxylic acids is 1. The molecule has 2 amide bonds. The van der Waals surface area contributed by atoms with Crippen molar-refractivity contribution < 1.29 is 14.7 Å². The number of aliphatic carboxylic acids is 1. The second kappa shape index (κ2) is 4.94. The van der Waals surface area contributed by atoms with Gasteiger partial charge in [0, 0.05) is 13.1 Å². The van der Waals surface area contributed by atoms with Gasteiger partial charge in [0.1, 0.15) is 0 Å². The molecule has 0 spiro atoms. The van der Waals surface area contributed by atoms with E-state index in [2.05, 4.69) is 5.32 Å². The van der Waals surface area contributed by atoms with E-state index in [4.69, 9.17) is 0 Å². The summed E-state index contributed by atoms with van der Waals surface area (Å²) in [5.74, 6) is -0.935. The molecular weight excluding hydrogens is 220 g/mol. The number of nitrogens with one attached hydrogen (secondary N) is 1. The van der Waals surface area contributed by atoms with Gasteiger partial charge >= 0.3 is 12.0 Å². The number of hydrogen-bond donors (Lipinski definition) is 2. The van der Waals surface area contributed by atoms with Crippen LogP contribution in [0.25, 0.3) is 0 Å². The van der Waals surface area contributed by atoms with E-state index in [0.29, 0.717) is 0 Å². The molecule has 0 radical (unpaired) electrons. The van der Waals surface area contributed by atoms with E-state index in [1.54, 1.807) is 39.6 Å². The zero-order chi connectivity index (χ0) is 14.0. The average molecular weight is 244 g/mol. The Balaban J connectivity index is 4.89. The molecule has 0 aromatic carbocycles. The van der Waals surface area contributed by atoms with Crippen LogP contribution in [0.2, 0.25) is 0 Å². The third-order valence-electron chi connectivity index (χ3n) is 3.61. The van der Waals surface area contributed by atoms with Gasteiger partial charge < -0.3 is 15.3 Å². The summed E-state index contributed by atoms with van der Waals surface area (Å²) in [6.45, 7) is 10.4. The van der Waals surface area contributed by atoms with Gasteiger partial charge in [-0.15, -0.1) is 0 Å². The largest absolute Gasteiger partial charge is 0.481 e. The fourth-order valence-electron chi connectivity index (χ4n) is 1.01. The number of carboxylic acid groups (broad SMARTS) is 1. The summed E-state index contributed by atoms with van der Waals surface area (Å²) in [7, 11) is 1.68. The molecule has 0 aliphatic carbocycles. The van der Waals surface area contributed by atoms with Crippen LogP contribution in [0, 0.1) is 5.41 Å². The minimum absolute atomic E-state index is 0.0683. The van der Waals surface area contributed by atoms with Crippen LogP contribution in [-0.4, -0.2) is 40.6 Å². The molecule has 100 valence electrons. The highest BCUT2D eigenvalue weighted by Crippen LogP contribution is 2.30. The number of carbonyl (C=O) groups is 2. The molecule has 0 aliphatic rings. The normalized spacial score (nSPS) is 12.5. The van der Waals surface area contributed by atoms with Crippen LogP contribution in [0.5, 0.6) is 0 Å². The van der Waals surface area contributed by atoms with Gasteiger partial charge in [0.25, 0.3) is 0 Å². The minimum Gasteiger partial charge on any atom is -0.481 e. The number of amides is 2. The van der Waals surface area contributed by atoms with E-state index in [9.17, 15) is 14.7 Å². The van der Waals surface area contributed by atoms with Crippen LogP contribution in [0.4, 0.5) is 4.79 Å². The molecule has 0 rings (SSSR count). The number of carbonyl (C=O) groups excluding carboxylic acids is 1. The van der Waals surface area contributed by atoms with Gasteiger partial charge in [-0.25, -0.2) is 4.79 Å². The molecule has 2 N–H and O–H groups in total. The van der Waals surface area contributed by atoms with Gasteiger partial charge in [0.05, 0.1) is 11.0 Å². The SMILES string of the molecule is CC(C)N(C)C(=O)NC(C)(C)C(C)(C)C(=O)O. The third-order valence-corrected chi connectivity index (χ3v) is 3.61. The van der Waals surface area contributed by atoms with Crippen molar-refractivity contribution in [3.8, 4) is 0 Å².